The molecule has 17 heavy (non-hydrogen) atoms. The van der Waals surface area contributed by atoms with Gasteiger partial charge in [-0.2, -0.15) is 13.2 Å². The van der Waals surface area contributed by atoms with E-state index in [1.165, 1.54) is 6.08 Å². The summed E-state index contributed by atoms with van der Waals surface area (Å²) in [5.41, 5.74) is 1.06. The van der Waals surface area contributed by atoms with E-state index in [0.29, 0.717) is 19.6 Å². The van der Waals surface area contributed by atoms with Crippen molar-refractivity contribution >= 4 is 0 Å². The van der Waals surface area contributed by atoms with Gasteiger partial charge < -0.3 is 4.74 Å². The Morgan fingerprint density at radius 1 is 1.06 bits per heavy atom. The molecule has 0 fully saturated rings. The topological polar surface area (TPSA) is 9.23 Å². The number of hydrogen-bond acceptors (Lipinski definition) is 1. The van der Waals surface area contributed by atoms with E-state index in [-0.39, 0.29) is 0 Å². The minimum Gasteiger partial charge on any atom is -0.376 e. The first-order valence-corrected chi connectivity index (χ1v) is 5.41. The van der Waals surface area contributed by atoms with Gasteiger partial charge in [-0.25, -0.2) is 0 Å². The van der Waals surface area contributed by atoms with Crippen molar-refractivity contribution in [3.8, 4) is 0 Å². The number of alkyl halides is 3. The van der Waals surface area contributed by atoms with E-state index < -0.39 is 12.6 Å². The molecular formula is C13H15F3O. The van der Waals surface area contributed by atoms with Crippen molar-refractivity contribution in [2.24, 2.45) is 0 Å². The Balaban J connectivity index is 2.05. The molecule has 0 heterocycles. The quantitative estimate of drug-likeness (QED) is 0.540. The van der Waals surface area contributed by atoms with Gasteiger partial charge in [0.15, 0.2) is 0 Å². The average molecular weight is 244 g/mol. The highest BCUT2D eigenvalue weighted by molar-refractivity contribution is 5.13. The molecule has 0 atom stereocenters. The van der Waals surface area contributed by atoms with E-state index in [9.17, 15) is 13.2 Å². The SMILES string of the molecule is FC(F)(F)C/C=C/CCOCc1ccccc1. The maximum Gasteiger partial charge on any atom is 0.392 e. The molecule has 0 radical (unpaired) electrons. The van der Waals surface area contributed by atoms with E-state index in [1.807, 2.05) is 30.3 Å². The van der Waals surface area contributed by atoms with Crippen LogP contribution in [0, 0.1) is 0 Å². The first-order chi connectivity index (χ1) is 8.08. The molecule has 0 saturated heterocycles. The Labute approximate surface area is 98.9 Å². The van der Waals surface area contributed by atoms with Crippen LogP contribution in [0.25, 0.3) is 0 Å². The zero-order valence-corrected chi connectivity index (χ0v) is 9.41. The standard InChI is InChI=1S/C13H15F3O/c14-13(15,16)9-5-2-6-10-17-11-12-7-3-1-4-8-12/h1-5,7-8H,6,9-11H2/b5-2+. The summed E-state index contributed by atoms with van der Waals surface area (Å²) in [6.07, 6.45) is -1.85. The second-order valence-electron chi connectivity index (χ2n) is 3.62. The van der Waals surface area contributed by atoms with Crippen LogP contribution in [0.2, 0.25) is 0 Å². The summed E-state index contributed by atoms with van der Waals surface area (Å²) in [7, 11) is 0. The first kappa shape index (κ1) is 13.8. The highest BCUT2D eigenvalue weighted by Crippen LogP contribution is 2.19. The summed E-state index contributed by atoms with van der Waals surface area (Å²) in [5, 5.41) is 0. The molecule has 0 aliphatic rings. The maximum absolute atomic E-state index is 11.8. The highest BCUT2D eigenvalue weighted by atomic mass is 19.4. The van der Waals surface area contributed by atoms with Gasteiger partial charge in [0, 0.05) is 0 Å². The number of benzene rings is 1. The smallest absolute Gasteiger partial charge is 0.376 e. The van der Waals surface area contributed by atoms with Crippen LogP contribution in [0.1, 0.15) is 18.4 Å². The molecule has 4 heteroatoms. The fourth-order valence-electron chi connectivity index (χ4n) is 1.25. The Morgan fingerprint density at radius 3 is 2.41 bits per heavy atom. The summed E-state index contributed by atoms with van der Waals surface area (Å²) >= 11 is 0. The molecule has 0 N–H and O–H groups in total. The predicted octanol–water partition coefficient (Wildman–Crippen LogP) is 4.10. The molecule has 1 nitrogen and oxygen atoms in total. The number of allylic oxidation sites excluding steroid dienone is 1. The van der Waals surface area contributed by atoms with Crippen LogP contribution in [-0.4, -0.2) is 12.8 Å². The van der Waals surface area contributed by atoms with E-state index in [4.69, 9.17) is 4.74 Å². The van der Waals surface area contributed by atoms with Gasteiger partial charge in [-0.3, -0.25) is 0 Å². The van der Waals surface area contributed by atoms with Gasteiger partial charge in [0.25, 0.3) is 0 Å². The number of rotatable bonds is 6. The van der Waals surface area contributed by atoms with Crippen LogP contribution in [0.15, 0.2) is 42.5 Å². The summed E-state index contributed by atoms with van der Waals surface area (Å²) in [6, 6.07) is 9.65. The largest absolute Gasteiger partial charge is 0.392 e. The van der Waals surface area contributed by atoms with Crippen molar-refractivity contribution in [3.63, 3.8) is 0 Å². The normalized spacial score (nSPS) is 12.2. The molecule has 0 bridgehead atoms. The van der Waals surface area contributed by atoms with Crippen LogP contribution in [0.4, 0.5) is 13.2 Å². The molecule has 1 aromatic rings. The third-order valence-corrected chi connectivity index (χ3v) is 2.06. The van der Waals surface area contributed by atoms with E-state index >= 15 is 0 Å². The lowest BCUT2D eigenvalue weighted by molar-refractivity contribution is -0.125. The highest BCUT2D eigenvalue weighted by Gasteiger charge is 2.24. The lowest BCUT2D eigenvalue weighted by atomic mass is 10.2. The Morgan fingerprint density at radius 2 is 1.76 bits per heavy atom. The minimum atomic E-state index is -4.11. The second kappa shape index (κ2) is 7.12. The third-order valence-electron chi connectivity index (χ3n) is 2.06. The van der Waals surface area contributed by atoms with Gasteiger partial charge >= 0.3 is 6.18 Å². The summed E-state index contributed by atoms with van der Waals surface area (Å²) in [4.78, 5) is 0. The lowest BCUT2D eigenvalue weighted by Crippen LogP contribution is -2.04. The molecular weight excluding hydrogens is 229 g/mol. The Bertz CT molecular complexity index is 330. The second-order valence-corrected chi connectivity index (χ2v) is 3.62. The summed E-state index contributed by atoms with van der Waals surface area (Å²) < 4.78 is 40.6. The van der Waals surface area contributed by atoms with Crippen molar-refractivity contribution in [2.75, 3.05) is 6.61 Å². The van der Waals surface area contributed by atoms with E-state index in [0.717, 1.165) is 11.6 Å². The fourth-order valence-corrected chi connectivity index (χ4v) is 1.25. The molecule has 1 aromatic carbocycles. The monoisotopic (exact) mass is 244 g/mol. The maximum atomic E-state index is 11.8. The van der Waals surface area contributed by atoms with Crippen LogP contribution < -0.4 is 0 Å². The molecule has 0 spiro atoms. The molecule has 0 aliphatic carbocycles. The van der Waals surface area contributed by atoms with E-state index in [2.05, 4.69) is 0 Å². The van der Waals surface area contributed by atoms with Crippen LogP contribution in [0.3, 0.4) is 0 Å². The molecule has 1 rings (SSSR count). The molecule has 94 valence electrons. The van der Waals surface area contributed by atoms with Crippen molar-refractivity contribution < 1.29 is 17.9 Å². The van der Waals surface area contributed by atoms with Gasteiger partial charge in [0.05, 0.1) is 19.6 Å². The average Bonchev–Trinajstić information content (AvgIpc) is 2.28. The van der Waals surface area contributed by atoms with Crippen molar-refractivity contribution in [1.29, 1.82) is 0 Å². The first-order valence-electron chi connectivity index (χ1n) is 5.41. The van der Waals surface area contributed by atoms with Crippen LogP contribution >= 0.6 is 0 Å². The van der Waals surface area contributed by atoms with Crippen molar-refractivity contribution in [2.45, 2.75) is 25.6 Å². The molecule has 0 aliphatic heterocycles. The third kappa shape index (κ3) is 7.58. The predicted molar refractivity (Wildman–Crippen MR) is 60.5 cm³/mol. The molecule has 0 aromatic heterocycles. The summed E-state index contributed by atoms with van der Waals surface area (Å²) in [5.74, 6) is 0. The molecule has 0 saturated carbocycles. The molecule has 0 amide bonds. The van der Waals surface area contributed by atoms with Gasteiger partial charge in [0.2, 0.25) is 0 Å². The number of hydrogen-bond donors (Lipinski definition) is 0. The lowest BCUT2D eigenvalue weighted by Gasteiger charge is -2.02. The minimum absolute atomic E-state index is 0.434. The zero-order chi connectivity index (χ0) is 12.6. The van der Waals surface area contributed by atoms with Crippen LogP contribution in [-0.2, 0) is 11.3 Å². The van der Waals surface area contributed by atoms with Gasteiger partial charge in [0.1, 0.15) is 0 Å². The Hall–Kier alpha value is -1.29. The number of halogens is 3. The number of ether oxygens (including phenoxy) is 1. The summed E-state index contributed by atoms with van der Waals surface area (Å²) in [6.45, 7) is 0.928. The van der Waals surface area contributed by atoms with Crippen LogP contribution in [0.5, 0.6) is 0 Å². The molecule has 0 unspecified atom stereocenters. The Kier molecular flexibility index (Phi) is 5.77. The van der Waals surface area contributed by atoms with Gasteiger partial charge in [-0.15, -0.1) is 0 Å². The van der Waals surface area contributed by atoms with Gasteiger partial charge in [-0.1, -0.05) is 42.5 Å². The van der Waals surface area contributed by atoms with Crippen molar-refractivity contribution in [1.82, 2.24) is 0 Å². The van der Waals surface area contributed by atoms with Gasteiger partial charge in [-0.05, 0) is 12.0 Å². The fraction of sp³-hybridized carbons (Fsp3) is 0.385. The zero-order valence-electron chi connectivity index (χ0n) is 9.41. The van der Waals surface area contributed by atoms with E-state index in [1.54, 1.807) is 0 Å². The van der Waals surface area contributed by atoms with Crippen molar-refractivity contribution in [3.05, 3.63) is 48.0 Å².